The van der Waals surface area contributed by atoms with Gasteiger partial charge in [-0.25, -0.2) is 15.0 Å². The van der Waals surface area contributed by atoms with Crippen molar-refractivity contribution in [2.24, 2.45) is 0 Å². The lowest BCUT2D eigenvalue weighted by Crippen LogP contribution is -2.00. The summed E-state index contributed by atoms with van der Waals surface area (Å²) >= 11 is 6.17. The molecule has 3 aromatic heterocycles. The molecule has 8 aromatic rings. The smallest absolute Gasteiger partial charge is 0.164 e. The Labute approximate surface area is 227 Å². The minimum Gasteiger partial charge on any atom is -0.456 e. The number of halogens is 1. The maximum Gasteiger partial charge on any atom is 0.164 e. The van der Waals surface area contributed by atoms with Crippen LogP contribution in [0.5, 0.6) is 0 Å². The molecule has 0 fully saturated rings. The Hall–Kier alpha value is -5.00. The molecule has 5 aromatic carbocycles. The van der Waals surface area contributed by atoms with Gasteiger partial charge in [-0.05, 0) is 30.3 Å². The van der Waals surface area contributed by atoms with Crippen molar-refractivity contribution in [3.05, 3.63) is 114 Å². The van der Waals surface area contributed by atoms with Crippen LogP contribution in [0.25, 0.3) is 78.0 Å². The fraction of sp³-hybridized carbons (Fsp3) is 0. The minimum absolute atomic E-state index is 0.585. The Kier molecular flexibility index (Phi) is 4.81. The zero-order valence-corrected chi connectivity index (χ0v) is 21.2. The van der Waals surface area contributed by atoms with Gasteiger partial charge < -0.3 is 8.83 Å². The summed E-state index contributed by atoms with van der Waals surface area (Å²) in [6.07, 6.45) is 0. The first kappa shape index (κ1) is 22.0. The van der Waals surface area contributed by atoms with Crippen molar-refractivity contribution in [2.75, 3.05) is 0 Å². The number of aromatic nitrogens is 3. The molecular formula is C33H18ClN3O2. The first-order valence-electron chi connectivity index (χ1n) is 12.5. The number of rotatable bonds is 3. The van der Waals surface area contributed by atoms with E-state index in [1.54, 1.807) is 0 Å². The predicted molar refractivity (Wildman–Crippen MR) is 156 cm³/mol. The van der Waals surface area contributed by atoms with Crippen LogP contribution in [0.1, 0.15) is 0 Å². The van der Waals surface area contributed by atoms with Crippen LogP contribution >= 0.6 is 11.6 Å². The highest BCUT2D eigenvalue weighted by atomic mass is 35.5. The highest BCUT2D eigenvalue weighted by Crippen LogP contribution is 2.38. The molecule has 184 valence electrons. The first-order chi connectivity index (χ1) is 19.2. The van der Waals surface area contributed by atoms with Crippen LogP contribution in [0.2, 0.25) is 5.02 Å². The lowest BCUT2D eigenvalue weighted by Gasteiger charge is -2.08. The van der Waals surface area contributed by atoms with E-state index in [4.69, 9.17) is 35.4 Å². The number of hydrogen-bond donors (Lipinski definition) is 0. The topological polar surface area (TPSA) is 65.0 Å². The molecule has 0 spiro atoms. The van der Waals surface area contributed by atoms with E-state index in [0.29, 0.717) is 22.5 Å². The molecule has 0 bridgehead atoms. The van der Waals surface area contributed by atoms with Crippen LogP contribution in [0, 0.1) is 0 Å². The highest BCUT2D eigenvalue weighted by molar-refractivity contribution is 6.31. The van der Waals surface area contributed by atoms with Gasteiger partial charge in [0.2, 0.25) is 0 Å². The summed E-state index contributed by atoms with van der Waals surface area (Å²) in [4.78, 5) is 14.5. The molecule has 0 aliphatic carbocycles. The van der Waals surface area contributed by atoms with E-state index in [-0.39, 0.29) is 0 Å². The Balaban J connectivity index is 1.30. The lowest BCUT2D eigenvalue weighted by atomic mass is 10.1. The number of fused-ring (bicyclic) bond motifs is 6. The van der Waals surface area contributed by atoms with Gasteiger partial charge >= 0.3 is 0 Å². The van der Waals surface area contributed by atoms with Crippen LogP contribution in [0.4, 0.5) is 0 Å². The summed E-state index contributed by atoms with van der Waals surface area (Å²) in [5, 5.41) is 4.73. The molecule has 0 radical (unpaired) electrons. The van der Waals surface area contributed by atoms with E-state index in [1.807, 2.05) is 97.1 Å². The molecule has 0 saturated heterocycles. The van der Waals surface area contributed by atoms with Crippen LogP contribution in [0.3, 0.4) is 0 Å². The Morgan fingerprint density at radius 2 is 0.897 bits per heavy atom. The van der Waals surface area contributed by atoms with E-state index in [1.165, 1.54) is 0 Å². The van der Waals surface area contributed by atoms with Crippen molar-refractivity contribution < 1.29 is 8.83 Å². The number of benzene rings is 5. The molecule has 5 nitrogen and oxygen atoms in total. The van der Waals surface area contributed by atoms with Crippen molar-refractivity contribution in [3.63, 3.8) is 0 Å². The first-order valence-corrected chi connectivity index (χ1v) is 12.9. The fourth-order valence-electron chi connectivity index (χ4n) is 5.10. The Morgan fingerprint density at radius 1 is 0.410 bits per heavy atom. The van der Waals surface area contributed by atoms with Gasteiger partial charge in [0.1, 0.15) is 22.3 Å². The van der Waals surface area contributed by atoms with E-state index in [9.17, 15) is 0 Å². The van der Waals surface area contributed by atoms with Gasteiger partial charge in [0.05, 0.1) is 0 Å². The van der Waals surface area contributed by atoms with Gasteiger partial charge in [0.15, 0.2) is 17.5 Å². The van der Waals surface area contributed by atoms with Crippen LogP contribution < -0.4 is 0 Å². The van der Waals surface area contributed by atoms with Crippen molar-refractivity contribution in [1.29, 1.82) is 0 Å². The average molecular weight is 524 g/mol. The van der Waals surface area contributed by atoms with E-state index in [2.05, 4.69) is 12.1 Å². The second kappa shape index (κ2) is 8.51. The summed E-state index contributed by atoms with van der Waals surface area (Å²) in [5.74, 6) is 1.83. The summed E-state index contributed by atoms with van der Waals surface area (Å²) in [6.45, 7) is 0. The lowest BCUT2D eigenvalue weighted by molar-refractivity contribution is 0.656. The summed E-state index contributed by atoms with van der Waals surface area (Å²) in [5.41, 5.74) is 5.74. The monoisotopic (exact) mass is 523 g/mol. The molecule has 0 saturated carbocycles. The minimum atomic E-state index is 0.585. The summed E-state index contributed by atoms with van der Waals surface area (Å²) in [7, 11) is 0. The maximum absolute atomic E-state index is 6.31. The molecule has 0 aliphatic heterocycles. The molecule has 6 heteroatoms. The molecular weight excluding hydrogens is 506 g/mol. The van der Waals surface area contributed by atoms with Crippen molar-refractivity contribution in [1.82, 2.24) is 15.0 Å². The zero-order valence-electron chi connectivity index (χ0n) is 20.4. The van der Waals surface area contributed by atoms with E-state index < -0.39 is 0 Å². The summed E-state index contributed by atoms with van der Waals surface area (Å²) in [6, 6.07) is 35.8. The molecule has 0 aliphatic rings. The normalized spacial score (nSPS) is 11.7. The quantitative estimate of drug-likeness (QED) is 0.231. The second-order valence-corrected chi connectivity index (χ2v) is 9.87. The largest absolute Gasteiger partial charge is 0.456 e. The third-order valence-electron chi connectivity index (χ3n) is 6.98. The molecule has 0 N–H and O–H groups in total. The van der Waals surface area contributed by atoms with Crippen LogP contribution in [-0.2, 0) is 0 Å². The number of furan rings is 2. The van der Waals surface area contributed by atoms with Gasteiger partial charge in [-0.3, -0.25) is 0 Å². The fourth-order valence-corrected chi connectivity index (χ4v) is 5.26. The van der Waals surface area contributed by atoms with Gasteiger partial charge in [0.25, 0.3) is 0 Å². The molecule has 0 amide bonds. The molecule has 39 heavy (non-hydrogen) atoms. The van der Waals surface area contributed by atoms with Crippen molar-refractivity contribution >= 4 is 55.5 Å². The Morgan fingerprint density at radius 3 is 1.49 bits per heavy atom. The molecule has 3 heterocycles. The van der Waals surface area contributed by atoms with Crippen LogP contribution in [0.15, 0.2) is 118 Å². The predicted octanol–water partition coefficient (Wildman–Crippen LogP) is 9.32. The third-order valence-corrected chi connectivity index (χ3v) is 7.22. The van der Waals surface area contributed by atoms with Gasteiger partial charge in [-0.15, -0.1) is 0 Å². The van der Waals surface area contributed by atoms with Crippen molar-refractivity contribution in [2.45, 2.75) is 0 Å². The van der Waals surface area contributed by atoms with E-state index in [0.717, 1.165) is 60.6 Å². The van der Waals surface area contributed by atoms with Gasteiger partial charge in [0, 0.05) is 55.4 Å². The average Bonchev–Trinajstić information content (AvgIpc) is 3.52. The third kappa shape index (κ3) is 3.67. The van der Waals surface area contributed by atoms with Crippen LogP contribution in [-0.4, -0.2) is 15.0 Å². The van der Waals surface area contributed by atoms with Gasteiger partial charge in [-0.2, -0.15) is 0 Å². The maximum atomic E-state index is 6.31. The SMILES string of the molecule is Clc1ccc2c(c1)oc1cc3oc4cc(-c5nc(-c6ccccc6)nc(-c6ccccc6)n5)ccc4c3cc12. The number of nitrogens with zero attached hydrogens (tertiary/aromatic N) is 3. The standard InChI is InChI=1S/C33H18ClN3O2/c34-22-12-14-24-26-17-25-23-13-11-21(15-27(23)38-29(25)18-30(26)39-28(24)16-22)33-36-31(19-7-3-1-4-8-19)35-32(37-33)20-9-5-2-6-10-20/h1-18H. The highest BCUT2D eigenvalue weighted by Gasteiger charge is 2.16. The zero-order chi connectivity index (χ0) is 25.9. The number of hydrogen-bond acceptors (Lipinski definition) is 5. The molecule has 0 unspecified atom stereocenters. The van der Waals surface area contributed by atoms with Gasteiger partial charge in [-0.1, -0.05) is 78.3 Å². The van der Waals surface area contributed by atoms with E-state index >= 15 is 0 Å². The second-order valence-electron chi connectivity index (χ2n) is 9.44. The Bertz CT molecular complexity index is 2130. The molecule has 8 rings (SSSR count). The van der Waals surface area contributed by atoms with Crippen molar-refractivity contribution in [3.8, 4) is 34.2 Å². The molecule has 0 atom stereocenters. The summed E-state index contributed by atoms with van der Waals surface area (Å²) < 4.78 is 12.4.